The minimum atomic E-state index is -0.846. The molecule has 0 radical (unpaired) electrons. The first-order chi connectivity index (χ1) is 17.2. The van der Waals surface area contributed by atoms with Gasteiger partial charge in [0.25, 0.3) is 5.91 Å². The van der Waals surface area contributed by atoms with Gasteiger partial charge in [0.05, 0.1) is 19.8 Å². The number of amides is 2. The van der Waals surface area contributed by atoms with Gasteiger partial charge in [0.1, 0.15) is 11.8 Å². The van der Waals surface area contributed by atoms with Crippen molar-refractivity contribution in [3.05, 3.63) is 80.9 Å². The standard InChI is InChI=1S/C27H32ClN3O4S/c1-27(2,3)29-25(32)24(23-9-6-16-36-23)31(17-19-7-4-5-8-21(19)28)26(33)22-11-10-20(35-22)18-30-12-14-34-15-13-30/h4-11,16,24H,12-15,17-18H2,1-3H3,(H,29,32)/t24-/m1/s1. The number of nitrogens with one attached hydrogen (secondary N) is 1. The minimum Gasteiger partial charge on any atom is -0.455 e. The van der Waals surface area contributed by atoms with E-state index in [4.69, 9.17) is 20.8 Å². The summed E-state index contributed by atoms with van der Waals surface area (Å²) in [6.07, 6.45) is 0. The molecular weight excluding hydrogens is 498 g/mol. The Bertz CT molecular complexity index is 1170. The molecule has 0 spiro atoms. The highest BCUT2D eigenvalue weighted by molar-refractivity contribution is 7.10. The fraction of sp³-hybridized carbons (Fsp3) is 0.407. The molecule has 1 fully saturated rings. The highest BCUT2D eigenvalue weighted by Crippen LogP contribution is 2.31. The molecule has 1 aliphatic heterocycles. The second kappa shape index (κ2) is 11.6. The maximum atomic E-state index is 14.0. The molecule has 36 heavy (non-hydrogen) atoms. The van der Waals surface area contributed by atoms with Gasteiger partial charge >= 0.3 is 0 Å². The van der Waals surface area contributed by atoms with E-state index in [1.165, 1.54) is 11.3 Å². The number of nitrogens with zero attached hydrogens (tertiary/aromatic N) is 2. The molecule has 2 amide bonds. The zero-order valence-electron chi connectivity index (χ0n) is 20.8. The lowest BCUT2D eigenvalue weighted by Gasteiger charge is -2.32. The Kier molecular flexibility index (Phi) is 8.51. The van der Waals surface area contributed by atoms with Crippen LogP contribution in [0, 0.1) is 0 Å². The van der Waals surface area contributed by atoms with Gasteiger partial charge in [0, 0.05) is 35.1 Å². The first-order valence-electron chi connectivity index (χ1n) is 12.0. The molecule has 0 bridgehead atoms. The van der Waals surface area contributed by atoms with E-state index < -0.39 is 11.6 Å². The summed E-state index contributed by atoms with van der Waals surface area (Å²) in [5.41, 5.74) is 0.277. The summed E-state index contributed by atoms with van der Waals surface area (Å²) in [6.45, 7) is 9.50. The molecule has 4 rings (SSSR count). The molecule has 3 aromatic rings. The molecule has 0 aliphatic carbocycles. The van der Waals surface area contributed by atoms with E-state index >= 15 is 0 Å². The topological polar surface area (TPSA) is 75.0 Å². The summed E-state index contributed by atoms with van der Waals surface area (Å²) in [7, 11) is 0. The van der Waals surface area contributed by atoms with Crippen LogP contribution >= 0.6 is 22.9 Å². The maximum Gasteiger partial charge on any atom is 0.290 e. The molecule has 1 aliphatic rings. The average molecular weight is 530 g/mol. The number of rotatable bonds is 8. The number of ether oxygens (including phenoxy) is 1. The molecule has 2 aromatic heterocycles. The number of benzene rings is 1. The van der Waals surface area contributed by atoms with Crippen LogP contribution in [0.1, 0.15) is 53.6 Å². The van der Waals surface area contributed by atoms with Gasteiger partial charge in [0.15, 0.2) is 5.76 Å². The van der Waals surface area contributed by atoms with Crippen molar-refractivity contribution in [2.45, 2.75) is 45.4 Å². The predicted octanol–water partition coefficient (Wildman–Crippen LogP) is 5.13. The summed E-state index contributed by atoms with van der Waals surface area (Å²) in [5, 5.41) is 5.48. The van der Waals surface area contributed by atoms with Crippen LogP contribution in [0.15, 0.2) is 58.3 Å². The smallest absolute Gasteiger partial charge is 0.290 e. The lowest BCUT2D eigenvalue weighted by molar-refractivity contribution is -0.127. The SMILES string of the molecule is CC(C)(C)NC(=O)[C@@H](c1cccs1)N(Cc1ccccc1Cl)C(=O)c1ccc(CN2CCOCC2)o1. The largest absolute Gasteiger partial charge is 0.455 e. The van der Waals surface area contributed by atoms with Crippen LogP contribution in [0.5, 0.6) is 0 Å². The van der Waals surface area contributed by atoms with E-state index in [0.717, 1.165) is 23.5 Å². The minimum absolute atomic E-state index is 0.151. The zero-order valence-corrected chi connectivity index (χ0v) is 22.4. The fourth-order valence-electron chi connectivity index (χ4n) is 4.10. The number of hydrogen-bond acceptors (Lipinski definition) is 6. The molecule has 1 aromatic carbocycles. The molecule has 0 unspecified atom stereocenters. The molecule has 3 heterocycles. The Balaban J connectivity index is 1.67. The van der Waals surface area contributed by atoms with E-state index in [1.807, 2.05) is 62.5 Å². The molecule has 7 nitrogen and oxygen atoms in total. The normalized spacial score (nSPS) is 15.4. The van der Waals surface area contributed by atoms with Crippen LogP contribution in [0.25, 0.3) is 0 Å². The highest BCUT2D eigenvalue weighted by Gasteiger charge is 2.36. The van der Waals surface area contributed by atoms with Crippen molar-refractivity contribution in [1.29, 1.82) is 0 Å². The first-order valence-corrected chi connectivity index (χ1v) is 13.3. The second-order valence-electron chi connectivity index (χ2n) is 9.84. The Morgan fingerprint density at radius 1 is 1.11 bits per heavy atom. The average Bonchev–Trinajstić information content (AvgIpc) is 3.52. The van der Waals surface area contributed by atoms with Crippen molar-refractivity contribution >= 4 is 34.8 Å². The number of morpholine rings is 1. The quantitative estimate of drug-likeness (QED) is 0.438. The molecule has 0 saturated carbocycles. The van der Waals surface area contributed by atoms with E-state index in [1.54, 1.807) is 17.0 Å². The van der Waals surface area contributed by atoms with E-state index in [9.17, 15) is 9.59 Å². The predicted molar refractivity (Wildman–Crippen MR) is 141 cm³/mol. The van der Waals surface area contributed by atoms with Crippen molar-refractivity contribution in [2.75, 3.05) is 26.3 Å². The molecule has 192 valence electrons. The van der Waals surface area contributed by atoms with E-state index in [2.05, 4.69) is 10.2 Å². The van der Waals surface area contributed by atoms with Crippen LogP contribution in [0.3, 0.4) is 0 Å². The fourth-order valence-corrected chi connectivity index (χ4v) is 5.13. The third kappa shape index (κ3) is 6.76. The molecular formula is C27H32ClN3O4S. The number of carbonyl (C=O) groups excluding carboxylic acids is 2. The summed E-state index contributed by atoms with van der Waals surface area (Å²) >= 11 is 7.90. The van der Waals surface area contributed by atoms with E-state index in [-0.39, 0.29) is 24.1 Å². The summed E-state index contributed by atoms with van der Waals surface area (Å²) in [6, 6.07) is 13.8. The Morgan fingerprint density at radius 2 is 1.86 bits per heavy atom. The van der Waals surface area contributed by atoms with Crippen molar-refractivity contribution in [1.82, 2.24) is 15.1 Å². The Labute approximate surface area is 221 Å². The lowest BCUT2D eigenvalue weighted by Crippen LogP contribution is -2.48. The number of thiophene rings is 1. The second-order valence-corrected chi connectivity index (χ2v) is 11.2. The lowest BCUT2D eigenvalue weighted by atomic mass is 10.1. The Morgan fingerprint density at radius 3 is 2.53 bits per heavy atom. The third-order valence-corrected chi connectivity index (χ3v) is 7.08. The van der Waals surface area contributed by atoms with Gasteiger partial charge in [-0.1, -0.05) is 35.9 Å². The highest BCUT2D eigenvalue weighted by atomic mass is 35.5. The van der Waals surface area contributed by atoms with E-state index in [0.29, 0.717) is 30.5 Å². The van der Waals surface area contributed by atoms with Gasteiger partial charge in [-0.05, 0) is 56.0 Å². The number of hydrogen-bond donors (Lipinski definition) is 1. The summed E-state index contributed by atoms with van der Waals surface area (Å²) in [4.78, 5) is 32.1. The molecule has 1 N–H and O–H groups in total. The van der Waals surface area contributed by atoms with Crippen LogP contribution < -0.4 is 5.32 Å². The van der Waals surface area contributed by atoms with Gasteiger partial charge < -0.3 is 19.4 Å². The van der Waals surface area contributed by atoms with Crippen LogP contribution in [-0.4, -0.2) is 53.5 Å². The van der Waals surface area contributed by atoms with Gasteiger partial charge in [0.2, 0.25) is 5.91 Å². The third-order valence-electron chi connectivity index (χ3n) is 5.79. The van der Waals surface area contributed by atoms with Crippen LogP contribution in [0.2, 0.25) is 5.02 Å². The van der Waals surface area contributed by atoms with Crippen LogP contribution in [0.4, 0.5) is 0 Å². The van der Waals surface area contributed by atoms with Gasteiger partial charge in [-0.3, -0.25) is 14.5 Å². The van der Waals surface area contributed by atoms with Crippen molar-refractivity contribution in [3.63, 3.8) is 0 Å². The molecule has 9 heteroatoms. The summed E-state index contributed by atoms with van der Waals surface area (Å²) in [5.74, 6) is 0.260. The Hall–Kier alpha value is -2.65. The molecule has 1 atom stereocenters. The van der Waals surface area contributed by atoms with Crippen molar-refractivity contribution < 1.29 is 18.7 Å². The maximum absolute atomic E-state index is 14.0. The first kappa shape index (κ1) is 26.4. The molecule has 1 saturated heterocycles. The van der Waals surface area contributed by atoms with Crippen LogP contribution in [-0.2, 0) is 22.6 Å². The van der Waals surface area contributed by atoms with Crippen molar-refractivity contribution in [2.24, 2.45) is 0 Å². The van der Waals surface area contributed by atoms with Gasteiger partial charge in [-0.25, -0.2) is 0 Å². The number of furan rings is 1. The zero-order chi connectivity index (χ0) is 25.7. The monoisotopic (exact) mass is 529 g/mol. The number of halogens is 1. The van der Waals surface area contributed by atoms with Crippen molar-refractivity contribution in [3.8, 4) is 0 Å². The number of carbonyl (C=O) groups is 2. The van der Waals surface area contributed by atoms with Gasteiger partial charge in [-0.15, -0.1) is 11.3 Å². The van der Waals surface area contributed by atoms with Gasteiger partial charge in [-0.2, -0.15) is 0 Å². The summed E-state index contributed by atoms with van der Waals surface area (Å²) < 4.78 is 11.4.